The van der Waals surface area contributed by atoms with Gasteiger partial charge in [0.25, 0.3) is 0 Å². The number of halogens is 1. The molecule has 1 amide bonds. The molecule has 6 heteroatoms. The van der Waals surface area contributed by atoms with Crippen LogP contribution in [-0.2, 0) is 16.6 Å². The van der Waals surface area contributed by atoms with Gasteiger partial charge in [0.2, 0.25) is 5.91 Å². The van der Waals surface area contributed by atoms with Gasteiger partial charge in [-0.3, -0.25) is 4.79 Å². The lowest BCUT2D eigenvalue weighted by Crippen LogP contribution is -2.44. The van der Waals surface area contributed by atoms with Gasteiger partial charge in [-0.1, -0.05) is 28.1 Å². The Balaban J connectivity index is 1.97. The molecule has 0 saturated heterocycles. The Bertz CT molecular complexity index is 747. The minimum absolute atomic E-state index is 0.214. The second-order valence-electron chi connectivity index (χ2n) is 6.89. The van der Waals surface area contributed by atoms with Crippen molar-refractivity contribution in [3.8, 4) is 11.5 Å². The third kappa shape index (κ3) is 2.12. The maximum atomic E-state index is 12.0. The molecular formula is C18H20BrNO4. The first-order valence-electron chi connectivity index (χ1n) is 8.19. The molecule has 1 aromatic rings. The molecule has 0 radical (unpaired) electrons. The highest BCUT2D eigenvalue weighted by atomic mass is 79.9. The van der Waals surface area contributed by atoms with Crippen LogP contribution in [0.4, 0.5) is 0 Å². The Morgan fingerprint density at radius 2 is 2.33 bits per heavy atom. The summed E-state index contributed by atoms with van der Waals surface area (Å²) in [5.74, 6) is 0.929. The van der Waals surface area contributed by atoms with Gasteiger partial charge in [0.05, 0.1) is 18.6 Å². The summed E-state index contributed by atoms with van der Waals surface area (Å²) < 4.78 is 12.7. The topological polar surface area (TPSA) is 81.8 Å². The summed E-state index contributed by atoms with van der Waals surface area (Å²) in [6, 6.07) is 1.92. The van der Waals surface area contributed by atoms with Crippen LogP contribution in [0.3, 0.4) is 0 Å². The average Bonchev–Trinajstić information content (AvgIpc) is 2.75. The van der Waals surface area contributed by atoms with E-state index >= 15 is 0 Å². The highest BCUT2D eigenvalue weighted by molar-refractivity contribution is 9.10. The van der Waals surface area contributed by atoms with E-state index in [0.717, 1.165) is 34.2 Å². The van der Waals surface area contributed by atoms with Gasteiger partial charge in [-0.2, -0.15) is 0 Å². The number of benzene rings is 1. The number of amides is 1. The summed E-state index contributed by atoms with van der Waals surface area (Å²) >= 11 is 3.65. The zero-order chi connectivity index (χ0) is 17.1. The van der Waals surface area contributed by atoms with E-state index in [1.54, 1.807) is 7.11 Å². The summed E-state index contributed by atoms with van der Waals surface area (Å²) in [6.45, 7) is 0. The smallest absolute Gasteiger partial charge is 0.220 e. The molecule has 128 valence electrons. The first-order chi connectivity index (χ1) is 11.5. The molecule has 1 aromatic carbocycles. The van der Waals surface area contributed by atoms with Gasteiger partial charge < -0.3 is 20.3 Å². The molecule has 2 aliphatic carbocycles. The predicted molar refractivity (Wildman–Crippen MR) is 92.2 cm³/mol. The molecule has 3 N–H and O–H groups in total. The van der Waals surface area contributed by atoms with Crippen molar-refractivity contribution in [2.75, 3.05) is 7.11 Å². The number of carbonyl (C=O) groups excluding carboxylic acids is 1. The Hall–Kier alpha value is -1.53. The second-order valence-corrected chi connectivity index (χ2v) is 7.75. The minimum Gasteiger partial charge on any atom is -0.493 e. The number of aliphatic hydroxyl groups is 1. The minimum atomic E-state index is -0.539. The van der Waals surface area contributed by atoms with E-state index in [-0.39, 0.29) is 17.9 Å². The quantitative estimate of drug-likeness (QED) is 0.754. The van der Waals surface area contributed by atoms with E-state index in [1.165, 1.54) is 0 Å². The van der Waals surface area contributed by atoms with Gasteiger partial charge >= 0.3 is 0 Å². The van der Waals surface area contributed by atoms with E-state index in [4.69, 9.17) is 15.2 Å². The van der Waals surface area contributed by atoms with Crippen molar-refractivity contribution in [1.82, 2.24) is 0 Å². The zero-order valence-electron chi connectivity index (χ0n) is 13.4. The van der Waals surface area contributed by atoms with Crippen LogP contribution in [0.25, 0.3) is 0 Å². The van der Waals surface area contributed by atoms with Gasteiger partial charge in [-0.25, -0.2) is 0 Å². The average molecular weight is 394 g/mol. The molecule has 0 saturated carbocycles. The fourth-order valence-corrected chi connectivity index (χ4v) is 5.07. The van der Waals surface area contributed by atoms with Gasteiger partial charge in [-0.05, 0) is 30.9 Å². The van der Waals surface area contributed by atoms with Crippen LogP contribution in [0.5, 0.6) is 11.5 Å². The largest absolute Gasteiger partial charge is 0.493 e. The Morgan fingerprint density at radius 3 is 3.04 bits per heavy atom. The van der Waals surface area contributed by atoms with E-state index in [0.29, 0.717) is 18.6 Å². The van der Waals surface area contributed by atoms with Crippen molar-refractivity contribution < 1.29 is 19.4 Å². The van der Waals surface area contributed by atoms with Gasteiger partial charge in [0, 0.05) is 22.4 Å². The number of ether oxygens (including phenoxy) is 2. The lowest BCUT2D eigenvalue weighted by atomic mass is 9.67. The highest BCUT2D eigenvalue weighted by Gasteiger charge is 2.54. The van der Waals surface area contributed by atoms with Crippen molar-refractivity contribution in [1.29, 1.82) is 0 Å². The second kappa shape index (κ2) is 5.49. The van der Waals surface area contributed by atoms with Gasteiger partial charge in [0.1, 0.15) is 6.10 Å². The molecule has 3 unspecified atom stereocenters. The highest BCUT2D eigenvalue weighted by Crippen LogP contribution is 2.58. The Labute approximate surface area is 148 Å². The van der Waals surface area contributed by atoms with Crippen LogP contribution in [-0.4, -0.2) is 30.3 Å². The van der Waals surface area contributed by atoms with Crippen LogP contribution in [0.2, 0.25) is 0 Å². The number of hydrogen-bond donors (Lipinski definition) is 2. The molecule has 0 aromatic heterocycles. The van der Waals surface area contributed by atoms with E-state index in [9.17, 15) is 9.90 Å². The number of rotatable bonds is 2. The van der Waals surface area contributed by atoms with Crippen molar-refractivity contribution in [2.45, 2.75) is 43.3 Å². The molecular weight excluding hydrogens is 374 g/mol. The molecule has 1 heterocycles. The maximum Gasteiger partial charge on any atom is 0.220 e. The van der Waals surface area contributed by atoms with Crippen molar-refractivity contribution >= 4 is 21.8 Å². The molecule has 24 heavy (non-hydrogen) atoms. The summed E-state index contributed by atoms with van der Waals surface area (Å²) in [7, 11) is 1.62. The lowest BCUT2D eigenvalue weighted by molar-refractivity contribution is -0.122. The predicted octanol–water partition coefficient (Wildman–Crippen LogP) is 2.22. The zero-order valence-corrected chi connectivity index (χ0v) is 15.0. The molecule has 4 atom stereocenters. The monoisotopic (exact) mass is 393 g/mol. The SMILES string of the molecule is COc1cc(Br)c2c3c1OC1C[C@@H](O)C=CC31CC(C(N)=O)CC2. The van der Waals surface area contributed by atoms with E-state index in [2.05, 4.69) is 15.9 Å². The molecule has 0 bridgehead atoms. The molecule has 0 fully saturated rings. The van der Waals surface area contributed by atoms with Crippen LogP contribution in [0.1, 0.15) is 30.4 Å². The summed E-state index contributed by atoms with van der Waals surface area (Å²) in [5, 5.41) is 10.1. The van der Waals surface area contributed by atoms with Gasteiger partial charge in [-0.15, -0.1) is 0 Å². The van der Waals surface area contributed by atoms with Crippen molar-refractivity contribution in [3.05, 3.63) is 33.8 Å². The van der Waals surface area contributed by atoms with Crippen LogP contribution < -0.4 is 15.2 Å². The molecule has 4 rings (SSSR count). The third-order valence-electron chi connectivity index (χ3n) is 5.62. The number of methoxy groups -OCH3 is 1. The van der Waals surface area contributed by atoms with E-state index < -0.39 is 11.5 Å². The fraction of sp³-hybridized carbons (Fsp3) is 0.500. The normalized spacial score (nSPS) is 33.2. The first-order valence-corrected chi connectivity index (χ1v) is 8.99. The lowest BCUT2D eigenvalue weighted by Gasteiger charge is -2.37. The first kappa shape index (κ1) is 16.0. The maximum absolute atomic E-state index is 12.0. The van der Waals surface area contributed by atoms with Crippen LogP contribution in [0.15, 0.2) is 22.7 Å². The summed E-state index contributed by atoms with van der Waals surface area (Å²) in [4.78, 5) is 12.0. The fourth-order valence-electron chi connectivity index (χ4n) is 4.46. The van der Waals surface area contributed by atoms with Gasteiger partial charge in [0.15, 0.2) is 11.5 Å². The summed E-state index contributed by atoms with van der Waals surface area (Å²) in [6.07, 6.45) is 5.67. The Morgan fingerprint density at radius 1 is 1.54 bits per heavy atom. The number of nitrogens with two attached hydrogens (primary N) is 1. The molecule has 1 aliphatic heterocycles. The number of aliphatic hydroxyl groups excluding tert-OH is 1. The standard InChI is InChI=1S/C18H20BrNO4/c1-23-13-7-12(19)11-3-2-9(17(20)22)8-18-5-4-10(21)6-14(18)24-16(13)15(11)18/h4-5,7,9-10,14,21H,2-3,6,8H2,1H3,(H2,20,22)/t9?,10-,14?,18?/m0/s1. The van der Waals surface area contributed by atoms with E-state index in [1.807, 2.05) is 18.2 Å². The van der Waals surface area contributed by atoms with Crippen LogP contribution in [0, 0.1) is 5.92 Å². The van der Waals surface area contributed by atoms with Crippen molar-refractivity contribution in [2.24, 2.45) is 11.7 Å². The van der Waals surface area contributed by atoms with Crippen molar-refractivity contribution in [3.63, 3.8) is 0 Å². The van der Waals surface area contributed by atoms with Crippen LogP contribution >= 0.6 is 15.9 Å². The number of carbonyl (C=O) groups is 1. The molecule has 5 nitrogen and oxygen atoms in total. The number of hydrogen-bond acceptors (Lipinski definition) is 4. The summed E-state index contributed by atoms with van der Waals surface area (Å²) in [5.41, 5.74) is 7.46. The number of primary amides is 1. The molecule has 1 spiro atoms. The third-order valence-corrected chi connectivity index (χ3v) is 6.33. The Kier molecular flexibility index (Phi) is 3.65. The molecule has 3 aliphatic rings.